The van der Waals surface area contributed by atoms with Crippen LogP contribution in [0.25, 0.3) is 0 Å². The third kappa shape index (κ3) is 6.76. The average molecular weight is 290 g/mol. The summed E-state index contributed by atoms with van der Waals surface area (Å²) in [5.41, 5.74) is 2.49. The van der Waals surface area contributed by atoms with E-state index in [9.17, 15) is 4.79 Å². The van der Waals surface area contributed by atoms with Crippen molar-refractivity contribution in [2.75, 3.05) is 6.54 Å². The van der Waals surface area contributed by atoms with Crippen LogP contribution in [0.5, 0.6) is 0 Å². The first-order chi connectivity index (χ1) is 9.90. The quantitative estimate of drug-likeness (QED) is 0.716. The summed E-state index contributed by atoms with van der Waals surface area (Å²) >= 11 is 0. The molecule has 1 aromatic carbocycles. The molecule has 1 rings (SSSR count). The van der Waals surface area contributed by atoms with Crippen LogP contribution in [0.4, 0.5) is 0 Å². The van der Waals surface area contributed by atoms with Crippen molar-refractivity contribution < 1.29 is 4.79 Å². The second-order valence-electron chi connectivity index (χ2n) is 6.32. The third-order valence-electron chi connectivity index (χ3n) is 3.61. The summed E-state index contributed by atoms with van der Waals surface area (Å²) in [7, 11) is 0. The summed E-state index contributed by atoms with van der Waals surface area (Å²) in [6.45, 7) is 11.5. The Morgan fingerprint density at radius 2 is 1.57 bits per heavy atom. The van der Waals surface area contributed by atoms with E-state index in [2.05, 4.69) is 62.6 Å². The molecule has 1 amide bonds. The molecule has 21 heavy (non-hydrogen) atoms. The molecule has 0 aromatic heterocycles. The van der Waals surface area contributed by atoms with Gasteiger partial charge in [0.2, 0.25) is 5.91 Å². The Morgan fingerprint density at radius 1 is 1.00 bits per heavy atom. The fourth-order valence-electron chi connectivity index (χ4n) is 2.21. The predicted octanol–water partition coefficient (Wildman–Crippen LogP) is 3.77. The van der Waals surface area contributed by atoms with Crippen LogP contribution in [0, 0.1) is 0 Å². The van der Waals surface area contributed by atoms with Gasteiger partial charge >= 0.3 is 0 Å². The number of nitrogens with one attached hydrogen (secondary N) is 2. The Kier molecular flexibility index (Phi) is 7.44. The van der Waals surface area contributed by atoms with Gasteiger partial charge in [0.25, 0.3) is 0 Å². The summed E-state index contributed by atoms with van der Waals surface area (Å²) in [6, 6.07) is 9.06. The van der Waals surface area contributed by atoms with Crippen LogP contribution in [0.15, 0.2) is 24.3 Å². The lowest BCUT2D eigenvalue weighted by Crippen LogP contribution is -2.28. The van der Waals surface area contributed by atoms with Crippen molar-refractivity contribution >= 4 is 5.91 Å². The second-order valence-corrected chi connectivity index (χ2v) is 6.32. The molecule has 1 atom stereocenters. The van der Waals surface area contributed by atoms with E-state index in [0.717, 1.165) is 18.5 Å². The zero-order valence-corrected chi connectivity index (χ0v) is 14.1. The van der Waals surface area contributed by atoms with E-state index in [-0.39, 0.29) is 11.9 Å². The number of rotatable bonds is 8. The van der Waals surface area contributed by atoms with Crippen LogP contribution in [-0.4, -0.2) is 18.5 Å². The number of hydrogen-bond donors (Lipinski definition) is 2. The first-order valence-electron chi connectivity index (χ1n) is 8.02. The van der Waals surface area contributed by atoms with E-state index in [1.165, 1.54) is 5.56 Å². The van der Waals surface area contributed by atoms with Gasteiger partial charge in [-0.05, 0) is 36.9 Å². The van der Waals surface area contributed by atoms with Crippen LogP contribution in [0.2, 0.25) is 0 Å². The van der Waals surface area contributed by atoms with Gasteiger partial charge in [0.15, 0.2) is 0 Å². The van der Waals surface area contributed by atoms with E-state index in [0.29, 0.717) is 18.4 Å². The summed E-state index contributed by atoms with van der Waals surface area (Å²) in [5.74, 6) is 0.665. The van der Waals surface area contributed by atoms with Gasteiger partial charge in [0.1, 0.15) is 0 Å². The Hall–Kier alpha value is -1.35. The molecule has 0 saturated heterocycles. The lowest BCUT2D eigenvalue weighted by molar-refractivity contribution is -0.121. The molecule has 2 N–H and O–H groups in total. The molecule has 0 aliphatic heterocycles. The van der Waals surface area contributed by atoms with Gasteiger partial charge in [-0.2, -0.15) is 0 Å². The largest absolute Gasteiger partial charge is 0.350 e. The summed E-state index contributed by atoms with van der Waals surface area (Å²) in [6.07, 6.45) is 1.46. The number of carbonyl (C=O) groups is 1. The molecular weight excluding hydrogens is 260 g/mol. The van der Waals surface area contributed by atoms with E-state index >= 15 is 0 Å². The molecule has 0 aliphatic carbocycles. The maximum absolute atomic E-state index is 11.9. The zero-order chi connectivity index (χ0) is 15.8. The van der Waals surface area contributed by atoms with Crippen LogP contribution in [-0.2, 0) is 4.79 Å². The fourth-order valence-corrected chi connectivity index (χ4v) is 2.21. The Labute approximate surface area is 129 Å². The highest BCUT2D eigenvalue weighted by Crippen LogP contribution is 2.18. The maximum Gasteiger partial charge on any atom is 0.220 e. The van der Waals surface area contributed by atoms with Crippen molar-refractivity contribution in [2.45, 2.75) is 65.5 Å². The monoisotopic (exact) mass is 290 g/mol. The van der Waals surface area contributed by atoms with E-state index in [4.69, 9.17) is 0 Å². The maximum atomic E-state index is 11.9. The highest BCUT2D eigenvalue weighted by Gasteiger charge is 2.09. The molecule has 0 bridgehead atoms. The topological polar surface area (TPSA) is 41.1 Å². The van der Waals surface area contributed by atoms with Gasteiger partial charge < -0.3 is 10.6 Å². The molecule has 3 heteroatoms. The van der Waals surface area contributed by atoms with Crippen molar-refractivity contribution in [3.63, 3.8) is 0 Å². The normalized spacial score (nSPS) is 12.7. The smallest absolute Gasteiger partial charge is 0.220 e. The molecule has 0 aliphatic rings. The Morgan fingerprint density at radius 3 is 2.10 bits per heavy atom. The minimum Gasteiger partial charge on any atom is -0.350 e. The lowest BCUT2D eigenvalue weighted by Gasteiger charge is -2.16. The van der Waals surface area contributed by atoms with Gasteiger partial charge in [-0.15, -0.1) is 0 Å². The highest BCUT2D eigenvalue weighted by atomic mass is 16.1. The van der Waals surface area contributed by atoms with Crippen LogP contribution >= 0.6 is 0 Å². The summed E-state index contributed by atoms with van der Waals surface area (Å²) in [5, 5.41) is 6.39. The van der Waals surface area contributed by atoms with Crippen molar-refractivity contribution in [2.24, 2.45) is 0 Å². The number of amides is 1. The average Bonchev–Trinajstić information content (AvgIpc) is 2.43. The molecule has 1 unspecified atom stereocenters. The Bertz CT molecular complexity index is 423. The van der Waals surface area contributed by atoms with Crippen LogP contribution < -0.4 is 10.6 Å². The van der Waals surface area contributed by atoms with E-state index < -0.39 is 0 Å². The second kappa shape index (κ2) is 8.83. The molecular formula is C18H30N2O. The molecule has 0 radical (unpaired) electrons. The number of hydrogen-bond acceptors (Lipinski definition) is 2. The SMILES string of the molecule is CC(C)NCCCC(=O)NC(C)c1ccc(C(C)C)cc1. The van der Waals surface area contributed by atoms with Crippen molar-refractivity contribution in [3.05, 3.63) is 35.4 Å². The highest BCUT2D eigenvalue weighted by molar-refractivity contribution is 5.76. The molecule has 1 aromatic rings. The van der Waals surface area contributed by atoms with Gasteiger partial charge in [0.05, 0.1) is 6.04 Å². The molecule has 118 valence electrons. The first kappa shape index (κ1) is 17.7. The molecule has 0 saturated carbocycles. The van der Waals surface area contributed by atoms with Gasteiger partial charge in [-0.1, -0.05) is 52.0 Å². The minimum atomic E-state index is 0.0665. The standard InChI is InChI=1S/C18H30N2O/c1-13(2)16-8-10-17(11-9-16)15(5)20-18(21)7-6-12-19-14(3)4/h8-11,13-15,19H,6-7,12H2,1-5H3,(H,20,21). The van der Waals surface area contributed by atoms with E-state index in [1.807, 2.05) is 6.92 Å². The van der Waals surface area contributed by atoms with Crippen molar-refractivity contribution in [1.29, 1.82) is 0 Å². The van der Waals surface area contributed by atoms with Gasteiger partial charge in [0, 0.05) is 12.5 Å². The van der Waals surface area contributed by atoms with Crippen molar-refractivity contribution in [1.82, 2.24) is 10.6 Å². The summed E-state index contributed by atoms with van der Waals surface area (Å²) in [4.78, 5) is 11.9. The van der Waals surface area contributed by atoms with Crippen molar-refractivity contribution in [3.8, 4) is 0 Å². The van der Waals surface area contributed by atoms with Crippen LogP contribution in [0.3, 0.4) is 0 Å². The van der Waals surface area contributed by atoms with Gasteiger partial charge in [-0.3, -0.25) is 4.79 Å². The Balaban J connectivity index is 2.38. The molecule has 3 nitrogen and oxygen atoms in total. The number of carbonyl (C=O) groups excluding carboxylic acids is 1. The molecule has 0 spiro atoms. The van der Waals surface area contributed by atoms with Crippen LogP contribution in [0.1, 0.15) is 70.5 Å². The predicted molar refractivity (Wildman–Crippen MR) is 89.5 cm³/mol. The van der Waals surface area contributed by atoms with Gasteiger partial charge in [-0.25, -0.2) is 0 Å². The molecule has 0 heterocycles. The minimum absolute atomic E-state index is 0.0665. The van der Waals surface area contributed by atoms with E-state index in [1.54, 1.807) is 0 Å². The summed E-state index contributed by atoms with van der Waals surface area (Å²) < 4.78 is 0. The number of benzene rings is 1. The third-order valence-corrected chi connectivity index (χ3v) is 3.61. The lowest BCUT2D eigenvalue weighted by atomic mass is 9.99. The first-order valence-corrected chi connectivity index (χ1v) is 8.02. The fraction of sp³-hybridized carbons (Fsp3) is 0.611. The molecule has 0 fully saturated rings. The zero-order valence-electron chi connectivity index (χ0n) is 14.1.